The van der Waals surface area contributed by atoms with E-state index in [1.807, 2.05) is 18.2 Å². The van der Waals surface area contributed by atoms with Crippen LogP contribution in [0.5, 0.6) is 0 Å². The standard InChI is InChI=1S/C22H24N4OS/c1-26(2)16-9-7-15(8-10-16)25-21-20-17(12-28-22(20)24-13-23-21)19-11-14-5-3-4-6-18(14)27-19/h3-6,11-13,15-16H,7-10H2,1-2H3,(H,23,24,25). The number of fused-ring (bicyclic) bond motifs is 2. The second-order valence-electron chi connectivity index (χ2n) is 7.81. The van der Waals surface area contributed by atoms with Crippen LogP contribution < -0.4 is 5.32 Å². The first kappa shape index (κ1) is 17.6. The summed E-state index contributed by atoms with van der Waals surface area (Å²) < 4.78 is 6.12. The molecule has 0 unspecified atom stereocenters. The van der Waals surface area contributed by atoms with Crippen molar-refractivity contribution in [1.29, 1.82) is 0 Å². The highest BCUT2D eigenvalue weighted by atomic mass is 32.1. The molecule has 1 fully saturated rings. The third kappa shape index (κ3) is 3.16. The smallest absolute Gasteiger partial charge is 0.139 e. The van der Waals surface area contributed by atoms with Gasteiger partial charge in [-0.1, -0.05) is 18.2 Å². The van der Waals surface area contributed by atoms with Crippen molar-refractivity contribution >= 4 is 38.3 Å². The van der Waals surface area contributed by atoms with E-state index in [1.54, 1.807) is 17.7 Å². The lowest BCUT2D eigenvalue weighted by Crippen LogP contribution is -2.36. The average Bonchev–Trinajstić information content (AvgIpc) is 3.33. The first-order valence-electron chi connectivity index (χ1n) is 9.83. The molecule has 0 aliphatic heterocycles. The molecule has 3 heterocycles. The Morgan fingerprint density at radius 3 is 2.71 bits per heavy atom. The fourth-order valence-corrected chi connectivity index (χ4v) is 5.11. The Hall–Kier alpha value is -2.44. The summed E-state index contributed by atoms with van der Waals surface area (Å²) in [5.74, 6) is 1.80. The minimum absolute atomic E-state index is 0.456. The lowest BCUT2D eigenvalue weighted by molar-refractivity contribution is 0.221. The fourth-order valence-electron chi connectivity index (χ4n) is 4.21. The van der Waals surface area contributed by atoms with Crippen LogP contribution in [0.15, 0.2) is 46.5 Å². The normalized spacial score (nSPS) is 20.2. The van der Waals surface area contributed by atoms with Crippen molar-refractivity contribution in [3.63, 3.8) is 0 Å². The van der Waals surface area contributed by atoms with E-state index in [4.69, 9.17) is 4.42 Å². The van der Waals surface area contributed by atoms with Crippen LogP contribution >= 0.6 is 11.3 Å². The quantitative estimate of drug-likeness (QED) is 0.505. The fraction of sp³-hybridized carbons (Fsp3) is 0.364. The molecule has 1 aromatic carbocycles. The summed E-state index contributed by atoms with van der Waals surface area (Å²) in [6.45, 7) is 0. The van der Waals surface area contributed by atoms with Gasteiger partial charge in [0.25, 0.3) is 0 Å². The third-order valence-electron chi connectivity index (χ3n) is 5.83. The van der Waals surface area contributed by atoms with E-state index < -0.39 is 0 Å². The maximum absolute atomic E-state index is 6.12. The first-order valence-corrected chi connectivity index (χ1v) is 10.7. The van der Waals surface area contributed by atoms with Crippen molar-refractivity contribution in [2.75, 3.05) is 19.4 Å². The number of furan rings is 1. The van der Waals surface area contributed by atoms with Gasteiger partial charge in [-0.2, -0.15) is 0 Å². The molecule has 1 N–H and O–H groups in total. The van der Waals surface area contributed by atoms with E-state index in [0.29, 0.717) is 12.1 Å². The first-order chi connectivity index (χ1) is 13.7. The van der Waals surface area contributed by atoms with E-state index in [0.717, 1.165) is 38.3 Å². The number of nitrogens with one attached hydrogen (secondary N) is 1. The molecule has 0 bridgehead atoms. The summed E-state index contributed by atoms with van der Waals surface area (Å²) in [6.07, 6.45) is 6.43. The molecular weight excluding hydrogens is 368 g/mol. The number of thiophene rings is 1. The molecule has 0 radical (unpaired) electrons. The van der Waals surface area contributed by atoms with Gasteiger partial charge in [0, 0.05) is 28.4 Å². The molecule has 5 rings (SSSR count). The Labute approximate surface area is 168 Å². The Morgan fingerprint density at radius 1 is 1.11 bits per heavy atom. The molecule has 1 saturated carbocycles. The predicted molar refractivity (Wildman–Crippen MR) is 116 cm³/mol. The van der Waals surface area contributed by atoms with Crippen LogP contribution in [-0.2, 0) is 0 Å². The number of aromatic nitrogens is 2. The zero-order valence-electron chi connectivity index (χ0n) is 16.2. The van der Waals surface area contributed by atoms with E-state index in [-0.39, 0.29) is 0 Å². The number of rotatable bonds is 4. The summed E-state index contributed by atoms with van der Waals surface area (Å²) in [7, 11) is 4.36. The Balaban J connectivity index is 1.48. The number of benzene rings is 1. The van der Waals surface area contributed by atoms with E-state index >= 15 is 0 Å². The summed E-state index contributed by atoms with van der Waals surface area (Å²) in [5.41, 5.74) is 1.98. The van der Waals surface area contributed by atoms with Crippen LogP contribution in [-0.4, -0.2) is 41.0 Å². The van der Waals surface area contributed by atoms with Gasteiger partial charge in [0.15, 0.2) is 0 Å². The van der Waals surface area contributed by atoms with Gasteiger partial charge in [0.05, 0.1) is 5.39 Å². The van der Waals surface area contributed by atoms with Gasteiger partial charge in [-0.25, -0.2) is 9.97 Å². The average molecular weight is 393 g/mol. The van der Waals surface area contributed by atoms with Gasteiger partial charge in [0.2, 0.25) is 0 Å². The van der Waals surface area contributed by atoms with Crippen molar-refractivity contribution in [3.8, 4) is 11.3 Å². The molecule has 0 atom stereocenters. The van der Waals surface area contributed by atoms with Crippen molar-refractivity contribution < 1.29 is 4.42 Å². The third-order valence-corrected chi connectivity index (χ3v) is 6.72. The summed E-state index contributed by atoms with van der Waals surface area (Å²) in [4.78, 5) is 12.4. The number of anilines is 1. The lowest BCUT2D eigenvalue weighted by atomic mass is 9.90. The Kier molecular flexibility index (Phi) is 4.53. The molecule has 144 valence electrons. The topological polar surface area (TPSA) is 54.2 Å². The second-order valence-corrected chi connectivity index (χ2v) is 8.67. The molecule has 1 aliphatic rings. The number of hydrogen-bond donors (Lipinski definition) is 1. The molecule has 1 aliphatic carbocycles. The summed E-state index contributed by atoms with van der Waals surface area (Å²) in [6, 6.07) is 11.4. The van der Waals surface area contributed by atoms with Crippen LogP contribution in [0.4, 0.5) is 5.82 Å². The van der Waals surface area contributed by atoms with Crippen molar-refractivity contribution in [3.05, 3.63) is 42.0 Å². The van der Waals surface area contributed by atoms with Gasteiger partial charge in [-0.3, -0.25) is 0 Å². The lowest BCUT2D eigenvalue weighted by Gasteiger charge is -2.33. The highest BCUT2D eigenvalue weighted by molar-refractivity contribution is 7.17. The molecule has 28 heavy (non-hydrogen) atoms. The molecule has 0 spiro atoms. The molecule has 4 aromatic rings. The molecule has 3 aromatic heterocycles. The van der Waals surface area contributed by atoms with Gasteiger partial charge < -0.3 is 14.6 Å². The molecular formula is C22H24N4OS. The van der Waals surface area contributed by atoms with Gasteiger partial charge in [-0.15, -0.1) is 11.3 Å². The molecule has 0 saturated heterocycles. The molecule has 5 nitrogen and oxygen atoms in total. The molecule has 6 heteroatoms. The van der Waals surface area contributed by atoms with Crippen molar-refractivity contribution in [2.24, 2.45) is 0 Å². The van der Waals surface area contributed by atoms with Crippen LogP contribution in [0.2, 0.25) is 0 Å². The number of para-hydroxylation sites is 1. The summed E-state index contributed by atoms with van der Waals surface area (Å²) >= 11 is 1.64. The number of hydrogen-bond acceptors (Lipinski definition) is 6. The van der Waals surface area contributed by atoms with Crippen LogP contribution in [0.25, 0.3) is 32.5 Å². The van der Waals surface area contributed by atoms with Crippen LogP contribution in [0, 0.1) is 0 Å². The zero-order valence-corrected chi connectivity index (χ0v) is 17.0. The Morgan fingerprint density at radius 2 is 1.93 bits per heavy atom. The monoisotopic (exact) mass is 392 g/mol. The highest BCUT2D eigenvalue weighted by Crippen LogP contribution is 2.39. The van der Waals surface area contributed by atoms with Crippen LogP contribution in [0.1, 0.15) is 25.7 Å². The largest absolute Gasteiger partial charge is 0.456 e. The number of nitrogens with zero attached hydrogens (tertiary/aromatic N) is 3. The van der Waals surface area contributed by atoms with E-state index in [1.165, 1.54) is 25.7 Å². The SMILES string of the molecule is CN(C)C1CCC(Nc2ncnc3scc(-c4cc5ccccc5o4)c23)CC1. The Bertz CT molecular complexity index is 1080. The predicted octanol–water partition coefficient (Wildman–Crippen LogP) is 5.39. The highest BCUT2D eigenvalue weighted by Gasteiger charge is 2.24. The van der Waals surface area contributed by atoms with Crippen molar-refractivity contribution in [2.45, 2.75) is 37.8 Å². The van der Waals surface area contributed by atoms with Gasteiger partial charge >= 0.3 is 0 Å². The maximum Gasteiger partial charge on any atom is 0.139 e. The van der Waals surface area contributed by atoms with Gasteiger partial charge in [-0.05, 0) is 51.9 Å². The maximum atomic E-state index is 6.12. The van der Waals surface area contributed by atoms with Gasteiger partial charge in [0.1, 0.15) is 28.3 Å². The second kappa shape index (κ2) is 7.18. The minimum atomic E-state index is 0.456. The van der Waals surface area contributed by atoms with Crippen LogP contribution in [0.3, 0.4) is 0 Å². The van der Waals surface area contributed by atoms with E-state index in [2.05, 4.69) is 51.8 Å². The van der Waals surface area contributed by atoms with Crippen molar-refractivity contribution in [1.82, 2.24) is 14.9 Å². The minimum Gasteiger partial charge on any atom is -0.456 e. The van der Waals surface area contributed by atoms with E-state index in [9.17, 15) is 0 Å². The molecule has 0 amide bonds. The zero-order chi connectivity index (χ0) is 19.1. The summed E-state index contributed by atoms with van der Waals surface area (Å²) in [5, 5.41) is 8.03.